The number of likely N-dealkylation sites (tertiary alicyclic amines) is 1. The van der Waals surface area contributed by atoms with E-state index in [4.69, 9.17) is 4.28 Å². The Morgan fingerprint density at radius 1 is 1.10 bits per heavy atom. The quantitative estimate of drug-likeness (QED) is 0.802. The van der Waals surface area contributed by atoms with Crippen molar-refractivity contribution in [2.75, 3.05) is 13.6 Å². The summed E-state index contributed by atoms with van der Waals surface area (Å²) in [6.45, 7) is 2.27. The summed E-state index contributed by atoms with van der Waals surface area (Å²) in [6.07, 6.45) is 2.86. The molecule has 1 aliphatic rings. The Morgan fingerprint density at radius 2 is 1.75 bits per heavy atom. The topological polar surface area (TPSA) is 60.4 Å². The molecule has 1 amide bonds. The maximum atomic E-state index is 12.3. The second-order valence-electron chi connectivity index (χ2n) is 5.37. The number of aryl methyl sites for hydroxylation is 1. The minimum absolute atomic E-state index is 0.0829. The van der Waals surface area contributed by atoms with Crippen molar-refractivity contribution in [3.63, 3.8) is 0 Å². The molecule has 1 aromatic rings. The lowest BCUT2D eigenvalue weighted by Crippen LogP contribution is -2.50. The highest BCUT2D eigenvalue weighted by atomic mass is 32.2. The van der Waals surface area contributed by atoms with Gasteiger partial charge in [-0.2, -0.15) is 8.42 Å². The average molecular weight is 298 g/mol. The van der Waals surface area contributed by atoms with Gasteiger partial charge in [-0.15, -0.1) is 4.65 Å². The average Bonchev–Trinajstić information content (AvgIpc) is 2.52. The van der Waals surface area contributed by atoms with E-state index in [0.29, 0.717) is 13.0 Å². The molecule has 1 unspecified atom stereocenters. The highest BCUT2D eigenvalue weighted by Crippen LogP contribution is 2.23. The highest BCUT2D eigenvalue weighted by Gasteiger charge is 2.40. The lowest BCUT2D eigenvalue weighted by atomic mass is 10.2. The first-order valence-electron chi connectivity index (χ1n) is 6.75. The first kappa shape index (κ1) is 15.2. The van der Waals surface area contributed by atoms with Gasteiger partial charge in [-0.25, -0.2) is 4.79 Å². The summed E-state index contributed by atoms with van der Waals surface area (Å²) in [5, 5.41) is 0. The first-order valence-corrected chi connectivity index (χ1v) is 8.16. The molecule has 1 aromatic carbocycles. The standard InChI is InChI=1S/C14H20NO4S/c1-12-7-9-13(10-8-12)20(17,18)19-15(2)11-5-3-4-6-14(15)16/h7-10H,3-6,11H2,1-2H3/q+1. The maximum Gasteiger partial charge on any atom is 0.346 e. The molecule has 2 rings (SSSR count). The van der Waals surface area contributed by atoms with Crippen molar-refractivity contribution in [1.82, 2.24) is 0 Å². The van der Waals surface area contributed by atoms with Crippen LogP contribution in [0.2, 0.25) is 0 Å². The summed E-state index contributed by atoms with van der Waals surface area (Å²) in [7, 11) is -2.41. The van der Waals surface area contributed by atoms with Crippen LogP contribution in [0.5, 0.6) is 0 Å². The van der Waals surface area contributed by atoms with Crippen LogP contribution in [0.1, 0.15) is 31.2 Å². The first-order chi connectivity index (χ1) is 9.33. The Bertz CT molecular complexity index is 594. The van der Waals surface area contributed by atoms with Crippen LogP contribution in [0.15, 0.2) is 29.2 Å². The van der Waals surface area contributed by atoms with E-state index in [9.17, 15) is 13.2 Å². The van der Waals surface area contributed by atoms with E-state index in [1.807, 2.05) is 6.92 Å². The number of hydrogen-bond acceptors (Lipinski definition) is 4. The molecule has 0 bridgehead atoms. The number of amides is 1. The second kappa shape index (κ2) is 5.63. The van der Waals surface area contributed by atoms with Crippen LogP contribution in [-0.2, 0) is 19.2 Å². The summed E-state index contributed by atoms with van der Waals surface area (Å²) in [4.78, 5) is 12.2. The molecule has 0 N–H and O–H groups in total. The lowest BCUT2D eigenvalue weighted by Gasteiger charge is -2.25. The number of carbonyl (C=O) groups is 1. The van der Waals surface area contributed by atoms with Crippen molar-refractivity contribution in [2.24, 2.45) is 0 Å². The van der Waals surface area contributed by atoms with E-state index in [1.165, 1.54) is 19.2 Å². The number of hydroxylamine groups is 3. The fourth-order valence-electron chi connectivity index (χ4n) is 2.27. The highest BCUT2D eigenvalue weighted by molar-refractivity contribution is 7.86. The number of rotatable bonds is 3. The van der Waals surface area contributed by atoms with Crippen LogP contribution in [0.4, 0.5) is 0 Å². The smallest absolute Gasteiger partial charge is 0.227 e. The number of quaternary nitrogens is 1. The van der Waals surface area contributed by atoms with E-state index >= 15 is 0 Å². The third-order valence-corrected chi connectivity index (χ3v) is 4.95. The maximum absolute atomic E-state index is 12.3. The molecule has 1 atom stereocenters. The van der Waals surface area contributed by atoms with Crippen LogP contribution in [0.3, 0.4) is 0 Å². The molecule has 0 radical (unpaired) electrons. The van der Waals surface area contributed by atoms with Crippen LogP contribution in [-0.4, -0.2) is 32.6 Å². The Balaban J connectivity index is 2.26. The number of benzene rings is 1. The minimum atomic E-state index is -3.93. The molecular formula is C14H20NO4S+. The Kier molecular flexibility index (Phi) is 4.27. The SMILES string of the molecule is Cc1ccc(S(=O)(=O)O[N+]2(C)CCCCCC2=O)cc1. The largest absolute Gasteiger partial charge is 0.346 e. The van der Waals surface area contributed by atoms with Crippen molar-refractivity contribution < 1.29 is 22.1 Å². The molecule has 1 aliphatic heterocycles. The Labute approximate surface area is 119 Å². The van der Waals surface area contributed by atoms with Crippen LogP contribution < -0.4 is 0 Å². The van der Waals surface area contributed by atoms with Crippen molar-refractivity contribution in [2.45, 2.75) is 37.5 Å². The van der Waals surface area contributed by atoms with Gasteiger partial charge in [0, 0.05) is 6.42 Å². The molecular weight excluding hydrogens is 278 g/mol. The predicted molar refractivity (Wildman–Crippen MR) is 74.0 cm³/mol. The summed E-state index contributed by atoms with van der Waals surface area (Å²) >= 11 is 0. The molecule has 1 saturated heterocycles. The van der Waals surface area contributed by atoms with Crippen LogP contribution in [0.25, 0.3) is 0 Å². The van der Waals surface area contributed by atoms with Crippen molar-refractivity contribution in [3.05, 3.63) is 29.8 Å². The number of nitrogens with zero attached hydrogens (tertiary/aromatic N) is 1. The summed E-state index contributed by atoms with van der Waals surface area (Å²) in [5.41, 5.74) is 0.968. The predicted octanol–water partition coefficient (Wildman–Crippen LogP) is 2.16. The van der Waals surface area contributed by atoms with Crippen LogP contribution in [0, 0.1) is 6.92 Å². The van der Waals surface area contributed by atoms with E-state index in [2.05, 4.69) is 0 Å². The van der Waals surface area contributed by atoms with E-state index in [-0.39, 0.29) is 10.8 Å². The minimum Gasteiger partial charge on any atom is -0.227 e. The lowest BCUT2D eigenvalue weighted by molar-refractivity contribution is -1.000. The normalized spacial score (nSPS) is 24.4. The van der Waals surface area contributed by atoms with Crippen molar-refractivity contribution in [1.29, 1.82) is 0 Å². The molecule has 110 valence electrons. The van der Waals surface area contributed by atoms with Gasteiger partial charge in [0.15, 0.2) is 0 Å². The second-order valence-corrected chi connectivity index (χ2v) is 6.90. The molecule has 5 nitrogen and oxygen atoms in total. The summed E-state index contributed by atoms with van der Waals surface area (Å²) in [5.74, 6) is -0.182. The van der Waals surface area contributed by atoms with E-state index in [0.717, 1.165) is 24.8 Å². The number of carbonyl (C=O) groups excluding carboxylic acids is 1. The van der Waals surface area contributed by atoms with Gasteiger partial charge in [0.25, 0.3) is 0 Å². The van der Waals surface area contributed by atoms with Gasteiger partial charge in [-0.1, -0.05) is 22.0 Å². The van der Waals surface area contributed by atoms with Gasteiger partial charge in [-0.3, -0.25) is 0 Å². The van der Waals surface area contributed by atoms with E-state index in [1.54, 1.807) is 12.1 Å². The fourth-order valence-corrected chi connectivity index (χ4v) is 3.42. The van der Waals surface area contributed by atoms with Gasteiger partial charge >= 0.3 is 16.0 Å². The molecule has 0 saturated carbocycles. The summed E-state index contributed by atoms with van der Waals surface area (Å²) < 4.78 is 29.3. The third kappa shape index (κ3) is 3.26. The van der Waals surface area contributed by atoms with Gasteiger partial charge in [0.1, 0.15) is 13.6 Å². The van der Waals surface area contributed by atoms with Crippen LogP contribution >= 0.6 is 0 Å². The molecule has 0 aromatic heterocycles. The zero-order valence-corrected chi connectivity index (χ0v) is 12.6. The van der Waals surface area contributed by atoms with Gasteiger partial charge in [0.2, 0.25) is 0 Å². The Morgan fingerprint density at radius 3 is 2.40 bits per heavy atom. The van der Waals surface area contributed by atoms with Gasteiger partial charge in [-0.05, 0) is 31.9 Å². The van der Waals surface area contributed by atoms with Gasteiger partial charge in [0.05, 0.1) is 11.3 Å². The number of hydrogen-bond donors (Lipinski definition) is 0. The molecule has 1 heterocycles. The molecule has 1 fully saturated rings. The van der Waals surface area contributed by atoms with Gasteiger partial charge < -0.3 is 0 Å². The molecule has 0 aliphatic carbocycles. The fraction of sp³-hybridized carbons (Fsp3) is 0.500. The van der Waals surface area contributed by atoms with Crippen molar-refractivity contribution in [3.8, 4) is 0 Å². The zero-order valence-electron chi connectivity index (χ0n) is 11.8. The summed E-state index contributed by atoms with van der Waals surface area (Å²) in [6, 6.07) is 6.42. The monoisotopic (exact) mass is 298 g/mol. The molecule has 20 heavy (non-hydrogen) atoms. The van der Waals surface area contributed by atoms with E-state index < -0.39 is 14.8 Å². The molecule has 6 heteroatoms. The zero-order chi connectivity index (χ0) is 14.8. The third-order valence-electron chi connectivity index (χ3n) is 3.58. The molecule has 0 spiro atoms. The van der Waals surface area contributed by atoms with Crippen molar-refractivity contribution >= 4 is 16.0 Å². The Hall–Kier alpha value is -1.24.